The highest BCUT2D eigenvalue weighted by Gasteiger charge is 2.21. The zero-order chi connectivity index (χ0) is 26.2. The van der Waals surface area contributed by atoms with E-state index in [1.165, 1.54) is 25.1 Å². The topological polar surface area (TPSA) is 159 Å². The lowest BCUT2D eigenvalue weighted by Gasteiger charge is -2.16. The van der Waals surface area contributed by atoms with Gasteiger partial charge in [0.1, 0.15) is 18.8 Å². The quantitative estimate of drug-likeness (QED) is 0.239. The molecule has 0 aliphatic heterocycles. The minimum Gasteiger partial charge on any atom is -0.461 e. The summed E-state index contributed by atoms with van der Waals surface area (Å²) < 4.78 is 34.7. The van der Waals surface area contributed by atoms with Gasteiger partial charge >= 0.3 is 24.4 Å². The summed E-state index contributed by atoms with van der Waals surface area (Å²) in [6, 6.07) is 3.21. The van der Waals surface area contributed by atoms with Crippen LogP contribution in [0.3, 0.4) is 0 Å². The first-order chi connectivity index (χ1) is 16.7. The predicted molar refractivity (Wildman–Crippen MR) is 121 cm³/mol. The first-order valence-corrected chi connectivity index (χ1v) is 11.3. The first kappa shape index (κ1) is 29.5. The van der Waals surface area contributed by atoms with E-state index in [1.54, 1.807) is 6.92 Å². The van der Waals surface area contributed by atoms with Crippen molar-refractivity contribution in [1.82, 2.24) is 0 Å². The van der Waals surface area contributed by atoms with Crippen LogP contribution in [-0.4, -0.2) is 63.0 Å². The normalized spacial score (nSPS) is 12.0. The fraction of sp³-hybridized carbons (Fsp3) is 0.565. The number of esters is 1. The average Bonchev–Trinajstić information content (AvgIpc) is 2.81. The second kappa shape index (κ2) is 16.1. The van der Waals surface area contributed by atoms with Crippen molar-refractivity contribution < 1.29 is 52.3 Å². The Morgan fingerprint density at radius 1 is 0.829 bits per heavy atom. The molecule has 2 atom stereocenters. The van der Waals surface area contributed by atoms with E-state index in [1.807, 2.05) is 13.8 Å². The van der Waals surface area contributed by atoms with Crippen LogP contribution in [0.1, 0.15) is 46.1 Å². The van der Waals surface area contributed by atoms with Crippen molar-refractivity contribution in [2.24, 2.45) is 5.73 Å². The van der Waals surface area contributed by atoms with E-state index < -0.39 is 36.6 Å². The molecule has 0 spiro atoms. The minimum absolute atomic E-state index is 0.00682. The van der Waals surface area contributed by atoms with Crippen LogP contribution >= 0.6 is 0 Å². The van der Waals surface area contributed by atoms with Crippen molar-refractivity contribution in [2.45, 2.75) is 59.1 Å². The van der Waals surface area contributed by atoms with Crippen molar-refractivity contribution in [1.29, 1.82) is 0 Å². The molecule has 1 rings (SSSR count). The zero-order valence-electron chi connectivity index (χ0n) is 20.4. The van der Waals surface area contributed by atoms with Crippen molar-refractivity contribution in [3.05, 3.63) is 23.8 Å². The molecule has 196 valence electrons. The number of benzene rings is 1. The van der Waals surface area contributed by atoms with Crippen LogP contribution in [0, 0.1) is 0 Å². The molecule has 12 nitrogen and oxygen atoms in total. The van der Waals surface area contributed by atoms with Crippen LogP contribution in [-0.2, 0) is 34.9 Å². The summed E-state index contributed by atoms with van der Waals surface area (Å²) in [6.07, 6.45) is -2.37. The Labute approximate surface area is 203 Å². The van der Waals surface area contributed by atoms with Crippen LogP contribution in [0.25, 0.3) is 0 Å². The van der Waals surface area contributed by atoms with Gasteiger partial charge in [0, 0.05) is 0 Å². The van der Waals surface area contributed by atoms with Crippen molar-refractivity contribution >= 4 is 24.4 Å². The van der Waals surface area contributed by atoms with Gasteiger partial charge in [-0.25, -0.2) is 14.4 Å². The number of hydrogen-bond donors (Lipinski definition) is 1. The highest BCUT2D eigenvalue weighted by atomic mass is 16.7. The minimum atomic E-state index is -1.08. The van der Waals surface area contributed by atoms with Crippen LogP contribution in [0.2, 0.25) is 0 Å². The SMILES string of the molecule is CCCOC(=O)Oc1ccc(C[C@H](N)C(=O)OC[C@H](C)OC(=O)OCC)cc1OC(=O)OCCC. The van der Waals surface area contributed by atoms with Crippen LogP contribution < -0.4 is 15.2 Å². The Balaban J connectivity index is 2.82. The van der Waals surface area contributed by atoms with E-state index in [-0.39, 0.29) is 44.3 Å². The molecule has 0 fully saturated rings. The van der Waals surface area contributed by atoms with Gasteiger partial charge in [0.2, 0.25) is 0 Å². The number of hydrogen-bond acceptors (Lipinski definition) is 12. The second-order valence-corrected chi connectivity index (χ2v) is 7.23. The second-order valence-electron chi connectivity index (χ2n) is 7.23. The molecular formula is C23H33NO11. The largest absolute Gasteiger partial charge is 0.513 e. The van der Waals surface area contributed by atoms with Gasteiger partial charge in [-0.1, -0.05) is 19.9 Å². The molecule has 0 saturated carbocycles. The molecule has 35 heavy (non-hydrogen) atoms. The summed E-state index contributed by atoms with van der Waals surface area (Å²) in [4.78, 5) is 47.3. The van der Waals surface area contributed by atoms with Gasteiger partial charge in [-0.3, -0.25) is 4.79 Å². The monoisotopic (exact) mass is 499 g/mol. The summed E-state index contributed by atoms with van der Waals surface area (Å²) in [5.41, 5.74) is 6.41. The summed E-state index contributed by atoms with van der Waals surface area (Å²) in [6.45, 7) is 7.04. The van der Waals surface area contributed by atoms with E-state index in [0.29, 0.717) is 18.4 Å². The summed E-state index contributed by atoms with van der Waals surface area (Å²) in [5.74, 6) is -0.934. The van der Waals surface area contributed by atoms with E-state index in [4.69, 9.17) is 34.2 Å². The smallest absolute Gasteiger partial charge is 0.461 e. The third-order valence-corrected chi connectivity index (χ3v) is 4.02. The molecule has 0 aliphatic carbocycles. The number of ether oxygens (including phenoxy) is 7. The van der Waals surface area contributed by atoms with Gasteiger partial charge < -0.3 is 38.9 Å². The molecule has 1 aromatic carbocycles. The van der Waals surface area contributed by atoms with Gasteiger partial charge in [0.25, 0.3) is 0 Å². The fourth-order valence-electron chi connectivity index (χ4n) is 2.45. The third kappa shape index (κ3) is 11.9. The lowest BCUT2D eigenvalue weighted by molar-refractivity contribution is -0.148. The van der Waals surface area contributed by atoms with E-state index in [9.17, 15) is 19.2 Å². The van der Waals surface area contributed by atoms with Gasteiger partial charge in [0.05, 0.1) is 19.8 Å². The van der Waals surface area contributed by atoms with Crippen LogP contribution in [0.5, 0.6) is 11.5 Å². The highest BCUT2D eigenvalue weighted by Crippen LogP contribution is 2.30. The molecule has 0 aromatic heterocycles. The first-order valence-electron chi connectivity index (χ1n) is 11.3. The Morgan fingerprint density at radius 2 is 1.43 bits per heavy atom. The van der Waals surface area contributed by atoms with Crippen molar-refractivity contribution in [3.63, 3.8) is 0 Å². The molecular weight excluding hydrogens is 466 g/mol. The lowest BCUT2D eigenvalue weighted by atomic mass is 10.1. The lowest BCUT2D eigenvalue weighted by Crippen LogP contribution is -2.36. The molecule has 12 heteroatoms. The molecule has 0 unspecified atom stereocenters. The maximum Gasteiger partial charge on any atom is 0.513 e. The highest BCUT2D eigenvalue weighted by molar-refractivity contribution is 5.76. The molecule has 0 radical (unpaired) electrons. The van der Waals surface area contributed by atoms with E-state index in [0.717, 1.165) is 0 Å². The fourth-order valence-corrected chi connectivity index (χ4v) is 2.45. The van der Waals surface area contributed by atoms with Crippen molar-refractivity contribution in [3.8, 4) is 11.5 Å². The Kier molecular flexibility index (Phi) is 13.6. The number of nitrogens with two attached hydrogens (primary N) is 1. The number of rotatable bonds is 13. The Bertz CT molecular complexity index is 843. The summed E-state index contributed by atoms with van der Waals surface area (Å²) in [7, 11) is 0. The number of carbonyl (C=O) groups is 4. The maximum absolute atomic E-state index is 12.2. The van der Waals surface area contributed by atoms with E-state index >= 15 is 0 Å². The Morgan fingerprint density at radius 3 is 2.00 bits per heavy atom. The molecule has 0 aliphatic rings. The van der Waals surface area contributed by atoms with Crippen LogP contribution in [0.15, 0.2) is 18.2 Å². The van der Waals surface area contributed by atoms with E-state index in [2.05, 4.69) is 4.74 Å². The molecule has 0 amide bonds. The molecule has 2 N–H and O–H groups in total. The van der Waals surface area contributed by atoms with Crippen LogP contribution in [0.4, 0.5) is 14.4 Å². The maximum atomic E-state index is 12.2. The van der Waals surface area contributed by atoms with Crippen molar-refractivity contribution in [2.75, 3.05) is 26.4 Å². The summed E-state index contributed by atoms with van der Waals surface area (Å²) in [5, 5.41) is 0. The average molecular weight is 500 g/mol. The third-order valence-electron chi connectivity index (χ3n) is 4.02. The molecule has 1 aromatic rings. The van der Waals surface area contributed by atoms with Gasteiger partial charge in [-0.15, -0.1) is 0 Å². The number of carbonyl (C=O) groups excluding carboxylic acids is 4. The summed E-state index contributed by atoms with van der Waals surface area (Å²) >= 11 is 0. The molecule has 0 bridgehead atoms. The molecule has 0 heterocycles. The van der Waals surface area contributed by atoms with Gasteiger partial charge in [-0.05, 0) is 50.8 Å². The molecule has 0 saturated heterocycles. The Hall–Kier alpha value is -3.54. The van der Waals surface area contributed by atoms with Gasteiger partial charge in [0.15, 0.2) is 11.5 Å². The van der Waals surface area contributed by atoms with Gasteiger partial charge in [-0.2, -0.15) is 0 Å². The zero-order valence-corrected chi connectivity index (χ0v) is 20.4. The standard InChI is InChI=1S/C23H33NO11/c1-5-10-30-22(27)34-18-9-8-16(13-19(18)35-23(28)31-11-6-2)12-17(24)20(25)32-14-15(4)33-21(26)29-7-3/h8-9,13,15,17H,5-7,10-12,14,24H2,1-4H3/t15-,17-/m0/s1. The predicted octanol–water partition coefficient (Wildman–Crippen LogP) is 3.51.